The summed E-state index contributed by atoms with van der Waals surface area (Å²) in [5, 5.41) is 0. The molecule has 1 aliphatic heterocycles. The van der Waals surface area contributed by atoms with Crippen molar-refractivity contribution in [3.63, 3.8) is 0 Å². The van der Waals surface area contributed by atoms with Gasteiger partial charge in [0.25, 0.3) is 5.56 Å². The van der Waals surface area contributed by atoms with Gasteiger partial charge in [0.05, 0.1) is 17.0 Å². The quantitative estimate of drug-likeness (QED) is 0.893. The fourth-order valence-electron chi connectivity index (χ4n) is 2.49. The van der Waals surface area contributed by atoms with Gasteiger partial charge in [-0.2, -0.15) is 0 Å². The van der Waals surface area contributed by atoms with E-state index >= 15 is 0 Å². The highest BCUT2D eigenvalue weighted by atomic mass is 19.1. The Morgan fingerprint density at radius 2 is 2.35 bits per heavy atom. The van der Waals surface area contributed by atoms with Gasteiger partial charge in [0.15, 0.2) is 0 Å². The van der Waals surface area contributed by atoms with Crippen LogP contribution in [0.5, 0.6) is 0 Å². The summed E-state index contributed by atoms with van der Waals surface area (Å²) in [6.45, 7) is 3.41. The number of hydrogen-bond acceptors (Lipinski definition) is 4. The van der Waals surface area contributed by atoms with Crippen LogP contribution in [0.3, 0.4) is 0 Å². The minimum absolute atomic E-state index is 0.0984. The van der Waals surface area contributed by atoms with Crippen LogP contribution in [-0.2, 0) is 19.5 Å². The first-order valence-electron chi connectivity index (χ1n) is 6.54. The number of pyridine rings is 1. The van der Waals surface area contributed by atoms with Gasteiger partial charge in [0, 0.05) is 32.3 Å². The van der Waals surface area contributed by atoms with Crippen molar-refractivity contribution in [3.8, 4) is 0 Å². The van der Waals surface area contributed by atoms with Crippen molar-refractivity contribution in [1.29, 1.82) is 0 Å². The second-order valence-corrected chi connectivity index (χ2v) is 4.97. The van der Waals surface area contributed by atoms with Crippen molar-refractivity contribution in [2.45, 2.75) is 26.4 Å². The van der Waals surface area contributed by atoms with E-state index in [2.05, 4.69) is 15.0 Å². The summed E-state index contributed by atoms with van der Waals surface area (Å²) >= 11 is 0. The summed E-state index contributed by atoms with van der Waals surface area (Å²) in [4.78, 5) is 25.1. The Bertz CT molecular complexity index is 698. The van der Waals surface area contributed by atoms with Crippen LogP contribution in [0.25, 0.3) is 0 Å². The average Bonchev–Trinajstić information content (AvgIpc) is 2.42. The Kier molecular flexibility index (Phi) is 3.31. The third-order valence-corrected chi connectivity index (χ3v) is 3.47. The Morgan fingerprint density at radius 3 is 3.15 bits per heavy atom. The number of aromatic nitrogens is 3. The van der Waals surface area contributed by atoms with Crippen LogP contribution in [-0.4, -0.2) is 26.4 Å². The second kappa shape index (κ2) is 5.13. The topological polar surface area (TPSA) is 61.9 Å². The van der Waals surface area contributed by atoms with Crippen molar-refractivity contribution < 1.29 is 4.39 Å². The molecule has 20 heavy (non-hydrogen) atoms. The number of nitrogens with zero attached hydrogens (tertiary/aromatic N) is 3. The van der Waals surface area contributed by atoms with Crippen molar-refractivity contribution in [3.05, 3.63) is 57.3 Å². The summed E-state index contributed by atoms with van der Waals surface area (Å²) in [5.74, 6) is 0.326. The zero-order valence-electron chi connectivity index (χ0n) is 11.2. The van der Waals surface area contributed by atoms with Crippen molar-refractivity contribution in [1.82, 2.24) is 19.9 Å². The third-order valence-electron chi connectivity index (χ3n) is 3.47. The Labute approximate surface area is 115 Å². The van der Waals surface area contributed by atoms with E-state index in [-0.39, 0.29) is 11.4 Å². The maximum atomic E-state index is 13.6. The lowest BCUT2D eigenvalue weighted by atomic mass is 10.1. The Hall–Kier alpha value is -2.08. The molecular formula is C14H15FN4O. The monoisotopic (exact) mass is 274 g/mol. The molecule has 0 aliphatic carbocycles. The number of H-pyrrole nitrogens is 1. The second-order valence-electron chi connectivity index (χ2n) is 4.97. The van der Waals surface area contributed by atoms with E-state index in [9.17, 15) is 9.18 Å². The van der Waals surface area contributed by atoms with E-state index in [1.165, 1.54) is 6.07 Å². The van der Waals surface area contributed by atoms with E-state index in [4.69, 9.17) is 0 Å². The molecule has 3 heterocycles. The number of rotatable bonds is 2. The zero-order chi connectivity index (χ0) is 14.1. The van der Waals surface area contributed by atoms with Gasteiger partial charge in [-0.25, -0.2) is 9.37 Å². The average molecular weight is 274 g/mol. The molecule has 0 saturated heterocycles. The molecule has 1 N–H and O–H groups in total. The number of aromatic amines is 1. The summed E-state index contributed by atoms with van der Waals surface area (Å²) < 4.78 is 13.6. The van der Waals surface area contributed by atoms with Crippen LogP contribution >= 0.6 is 0 Å². The maximum Gasteiger partial charge on any atom is 0.255 e. The highest BCUT2D eigenvalue weighted by Gasteiger charge is 2.21. The molecule has 3 rings (SSSR count). The first-order chi connectivity index (χ1) is 9.63. The highest BCUT2D eigenvalue weighted by Crippen LogP contribution is 2.16. The van der Waals surface area contributed by atoms with Gasteiger partial charge >= 0.3 is 0 Å². The fraction of sp³-hybridized carbons (Fsp3) is 0.357. The van der Waals surface area contributed by atoms with E-state index in [0.29, 0.717) is 36.6 Å². The number of hydrogen-bond donors (Lipinski definition) is 1. The Balaban J connectivity index is 1.83. The molecule has 6 heteroatoms. The molecule has 5 nitrogen and oxygen atoms in total. The molecule has 1 aliphatic rings. The predicted molar refractivity (Wildman–Crippen MR) is 71.6 cm³/mol. The molecule has 0 aromatic carbocycles. The fourth-order valence-corrected chi connectivity index (χ4v) is 2.49. The number of aryl methyl sites for hydroxylation is 1. The lowest BCUT2D eigenvalue weighted by molar-refractivity contribution is 0.235. The van der Waals surface area contributed by atoms with Crippen LogP contribution in [0.4, 0.5) is 4.39 Å². The van der Waals surface area contributed by atoms with Crippen molar-refractivity contribution in [2.75, 3.05) is 6.54 Å². The van der Waals surface area contributed by atoms with Gasteiger partial charge in [0.1, 0.15) is 11.6 Å². The lowest BCUT2D eigenvalue weighted by Gasteiger charge is -2.27. The SMILES string of the molecule is Cc1nc2c(c(=O)[nH]1)CN(Cc1ncccc1F)CC2. The van der Waals surface area contributed by atoms with Crippen molar-refractivity contribution >= 4 is 0 Å². The molecule has 2 aromatic rings. The molecular weight excluding hydrogens is 259 g/mol. The normalized spacial score (nSPS) is 15.1. The number of halogens is 1. The first-order valence-corrected chi connectivity index (χ1v) is 6.54. The number of fused-ring (bicyclic) bond motifs is 1. The van der Waals surface area contributed by atoms with Crippen LogP contribution in [0, 0.1) is 12.7 Å². The molecule has 0 saturated carbocycles. The van der Waals surface area contributed by atoms with Crippen LogP contribution < -0.4 is 5.56 Å². The summed E-state index contributed by atoms with van der Waals surface area (Å²) in [6.07, 6.45) is 2.28. The van der Waals surface area contributed by atoms with Gasteiger partial charge in [0.2, 0.25) is 0 Å². The summed E-state index contributed by atoms with van der Waals surface area (Å²) in [5.41, 5.74) is 1.84. The third kappa shape index (κ3) is 2.46. The Morgan fingerprint density at radius 1 is 1.50 bits per heavy atom. The van der Waals surface area contributed by atoms with Gasteiger partial charge in [-0.15, -0.1) is 0 Å². The first kappa shape index (κ1) is 12.9. The molecule has 0 radical (unpaired) electrons. The zero-order valence-corrected chi connectivity index (χ0v) is 11.2. The van der Waals surface area contributed by atoms with E-state index in [1.807, 2.05) is 4.90 Å². The standard InChI is InChI=1S/C14H15FN4O/c1-9-17-12-4-6-19(7-10(12)14(20)18-9)8-13-11(15)3-2-5-16-13/h2-3,5H,4,6-8H2,1H3,(H,17,18,20). The molecule has 0 unspecified atom stereocenters. The van der Waals surface area contributed by atoms with E-state index < -0.39 is 0 Å². The van der Waals surface area contributed by atoms with Crippen molar-refractivity contribution in [2.24, 2.45) is 0 Å². The molecule has 0 atom stereocenters. The van der Waals surface area contributed by atoms with E-state index in [1.54, 1.807) is 19.2 Å². The minimum atomic E-state index is -0.311. The molecule has 0 amide bonds. The smallest absolute Gasteiger partial charge is 0.255 e. The van der Waals surface area contributed by atoms with Gasteiger partial charge in [-0.1, -0.05) is 0 Å². The highest BCUT2D eigenvalue weighted by molar-refractivity contribution is 5.21. The minimum Gasteiger partial charge on any atom is -0.310 e. The molecule has 0 fully saturated rings. The molecule has 0 bridgehead atoms. The predicted octanol–water partition coefficient (Wildman–Crippen LogP) is 1.17. The lowest BCUT2D eigenvalue weighted by Crippen LogP contribution is -2.36. The number of nitrogens with one attached hydrogen (secondary N) is 1. The van der Waals surface area contributed by atoms with Gasteiger partial charge < -0.3 is 4.98 Å². The van der Waals surface area contributed by atoms with Gasteiger partial charge in [-0.3, -0.25) is 14.7 Å². The van der Waals surface area contributed by atoms with Crippen LogP contribution in [0.15, 0.2) is 23.1 Å². The van der Waals surface area contributed by atoms with Gasteiger partial charge in [-0.05, 0) is 19.1 Å². The summed E-state index contributed by atoms with van der Waals surface area (Å²) in [7, 11) is 0. The molecule has 2 aromatic heterocycles. The summed E-state index contributed by atoms with van der Waals surface area (Å²) in [6, 6.07) is 2.97. The largest absolute Gasteiger partial charge is 0.310 e. The van der Waals surface area contributed by atoms with Crippen LogP contribution in [0.1, 0.15) is 22.8 Å². The van der Waals surface area contributed by atoms with E-state index in [0.717, 1.165) is 12.2 Å². The maximum absolute atomic E-state index is 13.6. The van der Waals surface area contributed by atoms with Crippen LogP contribution in [0.2, 0.25) is 0 Å². The molecule has 0 spiro atoms. The molecule has 104 valence electrons.